The zero-order valence-electron chi connectivity index (χ0n) is 19.3. The van der Waals surface area contributed by atoms with Gasteiger partial charge >= 0.3 is 0 Å². The van der Waals surface area contributed by atoms with Crippen LogP contribution in [0.25, 0.3) is 0 Å². The smallest absolute Gasteiger partial charge is 0.220 e. The van der Waals surface area contributed by atoms with E-state index in [9.17, 15) is 9.90 Å². The van der Waals surface area contributed by atoms with Crippen molar-refractivity contribution < 1.29 is 9.90 Å². The van der Waals surface area contributed by atoms with Crippen LogP contribution in [0.15, 0.2) is 24.3 Å². The highest BCUT2D eigenvalue weighted by Gasteiger charge is 2.09. The van der Waals surface area contributed by atoms with Gasteiger partial charge in [0.25, 0.3) is 0 Å². The number of nitrogens with two attached hydrogens (primary N) is 1. The van der Waals surface area contributed by atoms with Gasteiger partial charge in [0.05, 0.1) is 6.10 Å². The first kappa shape index (κ1) is 26.6. The zero-order valence-corrected chi connectivity index (χ0v) is 19.3. The van der Waals surface area contributed by atoms with Gasteiger partial charge in [-0.15, -0.1) is 0 Å². The third-order valence-electron chi connectivity index (χ3n) is 5.91. The maximum absolute atomic E-state index is 12.0. The number of hydrogen-bond acceptors (Lipinski definition) is 3. The van der Waals surface area contributed by atoms with Crippen molar-refractivity contribution in [3.8, 4) is 0 Å². The predicted molar refractivity (Wildman–Crippen MR) is 127 cm³/mol. The van der Waals surface area contributed by atoms with E-state index in [1.807, 2.05) is 24.3 Å². The summed E-state index contributed by atoms with van der Waals surface area (Å²) in [6, 6.07) is 7.89. The summed E-state index contributed by atoms with van der Waals surface area (Å²) in [7, 11) is 0. The van der Waals surface area contributed by atoms with Gasteiger partial charge in [0.1, 0.15) is 0 Å². The first-order valence-electron chi connectivity index (χ1n) is 12.4. The molecule has 1 rings (SSSR count). The van der Waals surface area contributed by atoms with Gasteiger partial charge in [0, 0.05) is 19.5 Å². The molecular formula is C26H46N2O2. The molecule has 4 nitrogen and oxygen atoms in total. The first-order chi connectivity index (χ1) is 14.7. The van der Waals surface area contributed by atoms with E-state index < -0.39 is 0 Å². The first-order valence-corrected chi connectivity index (χ1v) is 12.4. The zero-order chi connectivity index (χ0) is 21.9. The Bertz CT molecular complexity index is 548. The topological polar surface area (TPSA) is 75.3 Å². The van der Waals surface area contributed by atoms with Gasteiger partial charge < -0.3 is 16.2 Å². The van der Waals surface area contributed by atoms with Gasteiger partial charge in [-0.2, -0.15) is 0 Å². The van der Waals surface area contributed by atoms with Crippen molar-refractivity contribution in [3.63, 3.8) is 0 Å². The lowest BCUT2D eigenvalue weighted by atomic mass is 10.0. The maximum Gasteiger partial charge on any atom is 0.220 e. The quantitative estimate of drug-likeness (QED) is 0.241. The fourth-order valence-electron chi connectivity index (χ4n) is 3.87. The summed E-state index contributed by atoms with van der Waals surface area (Å²) in [5.74, 6) is -0.00410. The van der Waals surface area contributed by atoms with Crippen molar-refractivity contribution in [1.82, 2.24) is 5.32 Å². The highest BCUT2D eigenvalue weighted by molar-refractivity contribution is 5.75. The van der Waals surface area contributed by atoms with Crippen molar-refractivity contribution in [2.45, 2.75) is 122 Å². The fourth-order valence-corrected chi connectivity index (χ4v) is 3.87. The molecule has 4 heteroatoms. The van der Waals surface area contributed by atoms with Gasteiger partial charge in [-0.05, 0) is 24.0 Å². The lowest BCUT2D eigenvalue weighted by Gasteiger charge is -2.12. The molecule has 1 atom stereocenters. The number of carbonyl (C=O) groups excluding carboxylic acids is 1. The number of hydrogen-bond donors (Lipinski definition) is 3. The average molecular weight is 419 g/mol. The van der Waals surface area contributed by atoms with Crippen molar-refractivity contribution in [2.75, 3.05) is 0 Å². The second-order valence-electron chi connectivity index (χ2n) is 8.62. The third kappa shape index (κ3) is 13.8. The van der Waals surface area contributed by atoms with Crippen LogP contribution in [0, 0.1) is 0 Å². The Morgan fingerprint density at radius 1 is 0.867 bits per heavy atom. The lowest BCUT2D eigenvalue weighted by molar-refractivity contribution is -0.121. The van der Waals surface area contributed by atoms with Crippen molar-refractivity contribution in [2.24, 2.45) is 5.73 Å². The molecule has 0 aliphatic rings. The molecular weight excluding hydrogens is 372 g/mol. The lowest BCUT2D eigenvalue weighted by Crippen LogP contribution is -2.24. The molecule has 0 bridgehead atoms. The molecule has 172 valence electrons. The second-order valence-corrected chi connectivity index (χ2v) is 8.62. The number of nitrogens with one attached hydrogen (secondary N) is 1. The molecule has 30 heavy (non-hydrogen) atoms. The molecule has 0 saturated heterocycles. The monoisotopic (exact) mass is 418 g/mol. The van der Waals surface area contributed by atoms with E-state index in [0.29, 0.717) is 25.9 Å². The largest absolute Gasteiger partial charge is 0.393 e. The molecule has 0 aromatic heterocycles. The number of carbonyl (C=O) groups is 1. The molecule has 0 fully saturated rings. The van der Waals surface area contributed by atoms with Crippen LogP contribution in [0.4, 0.5) is 0 Å². The molecule has 1 aromatic carbocycles. The van der Waals surface area contributed by atoms with Crippen LogP contribution in [0.2, 0.25) is 0 Å². The summed E-state index contributed by atoms with van der Waals surface area (Å²) in [4.78, 5) is 12.0. The van der Waals surface area contributed by atoms with Gasteiger partial charge in [-0.3, -0.25) is 4.79 Å². The van der Waals surface area contributed by atoms with E-state index in [-0.39, 0.29) is 12.0 Å². The summed E-state index contributed by atoms with van der Waals surface area (Å²) in [5.41, 5.74) is 7.85. The van der Waals surface area contributed by atoms with Gasteiger partial charge in [-0.1, -0.05) is 108 Å². The van der Waals surface area contributed by atoms with Gasteiger partial charge in [0.2, 0.25) is 5.91 Å². The fraction of sp³-hybridized carbons (Fsp3) is 0.731. The minimum absolute atomic E-state index is 0.00410. The molecule has 0 spiro atoms. The Hall–Kier alpha value is -1.39. The van der Waals surface area contributed by atoms with Crippen LogP contribution in [-0.2, 0) is 17.9 Å². The second kappa shape index (κ2) is 18.4. The third-order valence-corrected chi connectivity index (χ3v) is 5.91. The highest BCUT2D eigenvalue weighted by Crippen LogP contribution is 2.14. The molecule has 0 saturated carbocycles. The summed E-state index contributed by atoms with van der Waals surface area (Å²) < 4.78 is 0. The van der Waals surface area contributed by atoms with Crippen molar-refractivity contribution >= 4 is 5.91 Å². The molecule has 0 aliphatic heterocycles. The number of aliphatic hydroxyl groups excluding tert-OH is 1. The predicted octanol–water partition coefficient (Wildman–Crippen LogP) is 5.99. The molecule has 0 aliphatic carbocycles. The molecule has 0 heterocycles. The van der Waals surface area contributed by atoms with E-state index in [1.165, 1.54) is 70.6 Å². The van der Waals surface area contributed by atoms with E-state index in [0.717, 1.165) is 24.0 Å². The highest BCUT2D eigenvalue weighted by atomic mass is 16.3. The van der Waals surface area contributed by atoms with E-state index in [4.69, 9.17) is 5.73 Å². The van der Waals surface area contributed by atoms with Crippen LogP contribution in [0.5, 0.6) is 0 Å². The van der Waals surface area contributed by atoms with Crippen molar-refractivity contribution in [1.29, 1.82) is 0 Å². The number of benzene rings is 1. The van der Waals surface area contributed by atoms with Crippen LogP contribution >= 0.6 is 0 Å². The molecule has 0 radical (unpaired) electrons. The van der Waals surface area contributed by atoms with E-state index >= 15 is 0 Å². The Balaban J connectivity index is 1.94. The molecule has 1 aromatic rings. The molecule has 1 unspecified atom stereocenters. The van der Waals surface area contributed by atoms with E-state index in [2.05, 4.69) is 12.2 Å². The summed E-state index contributed by atoms with van der Waals surface area (Å²) >= 11 is 0. The van der Waals surface area contributed by atoms with Crippen LogP contribution in [0.3, 0.4) is 0 Å². The van der Waals surface area contributed by atoms with E-state index in [1.54, 1.807) is 0 Å². The average Bonchev–Trinajstić information content (AvgIpc) is 2.77. The maximum atomic E-state index is 12.0. The minimum Gasteiger partial charge on any atom is -0.393 e. The Kier molecular flexibility index (Phi) is 16.3. The Labute approximate surface area is 185 Å². The number of amides is 1. The minimum atomic E-state index is -0.366. The van der Waals surface area contributed by atoms with Crippen LogP contribution in [-0.4, -0.2) is 17.1 Å². The van der Waals surface area contributed by atoms with Gasteiger partial charge in [-0.25, -0.2) is 0 Å². The number of unbranched alkanes of at least 4 members (excludes halogenated alkanes) is 11. The summed E-state index contributed by atoms with van der Waals surface area (Å²) in [6.45, 7) is 3.24. The molecule has 1 amide bonds. The standard InChI is InChI=1S/C26H46N2O2/c1-2-3-4-5-6-7-8-9-10-11-12-13-18-25(29)19-20-26(30)28-22-24-17-15-14-16-23(24)21-27/h14-17,25,29H,2-13,18-22,27H2,1H3,(H,28,30). The van der Waals surface area contributed by atoms with Crippen molar-refractivity contribution in [3.05, 3.63) is 35.4 Å². The molecule has 4 N–H and O–H groups in total. The number of aliphatic hydroxyl groups is 1. The normalized spacial score (nSPS) is 12.1. The summed E-state index contributed by atoms with van der Waals surface area (Å²) in [6.07, 6.45) is 17.2. The SMILES string of the molecule is CCCCCCCCCCCCCCC(O)CCC(=O)NCc1ccccc1CN. The number of rotatable bonds is 19. The van der Waals surface area contributed by atoms with Crippen LogP contribution in [0.1, 0.15) is 114 Å². The Morgan fingerprint density at radius 3 is 1.97 bits per heavy atom. The van der Waals surface area contributed by atoms with Gasteiger partial charge in [0.15, 0.2) is 0 Å². The Morgan fingerprint density at radius 2 is 1.40 bits per heavy atom. The summed E-state index contributed by atoms with van der Waals surface area (Å²) in [5, 5.41) is 13.1. The van der Waals surface area contributed by atoms with Crippen LogP contribution < -0.4 is 11.1 Å².